The molecule has 0 spiro atoms. The summed E-state index contributed by atoms with van der Waals surface area (Å²) in [6.45, 7) is 5.82. The van der Waals surface area contributed by atoms with Crippen molar-refractivity contribution >= 4 is 0 Å². The average molecular weight is 229 g/mol. The molecular formula is C14H19N3. The normalized spacial score (nSPS) is 10.8. The molecule has 0 aliphatic heterocycles. The van der Waals surface area contributed by atoms with Gasteiger partial charge in [0.15, 0.2) is 0 Å². The molecule has 2 N–H and O–H groups in total. The molecule has 0 aliphatic rings. The molecule has 0 aliphatic carbocycles. The fourth-order valence-corrected chi connectivity index (χ4v) is 1.96. The Morgan fingerprint density at radius 2 is 2.18 bits per heavy atom. The minimum absolute atomic E-state index is 0.580. The van der Waals surface area contributed by atoms with Gasteiger partial charge in [-0.05, 0) is 36.1 Å². The van der Waals surface area contributed by atoms with Crippen molar-refractivity contribution in [1.82, 2.24) is 9.78 Å². The lowest BCUT2D eigenvalue weighted by molar-refractivity contribution is 0.603. The number of aryl methyl sites for hydroxylation is 2. The highest BCUT2D eigenvalue weighted by Crippen LogP contribution is 2.24. The molecule has 3 nitrogen and oxygen atoms in total. The Balaban J connectivity index is 2.37. The quantitative estimate of drug-likeness (QED) is 0.876. The van der Waals surface area contributed by atoms with E-state index in [4.69, 9.17) is 5.73 Å². The van der Waals surface area contributed by atoms with E-state index in [1.54, 1.807) is 0 Å². The number of nitrogens with zero attached hydrogens (tertiary/aromatic N) is 2. The maximum Gasteiger partial charge on any atom is 0.0568 e. The smallest absolute Gasteiger partial charge is 0.0568 e. The second-order valence-electron chi connectivity index (χ2n) is 4.35. The molecule has 1 aromatic carbocycles. The summed E-state index contributed by atoms with van der Waals surface area (Å²) in [4.78, 5) is 0. The van der Waals surface area contributed by atoms with Crippen molar-refractivity contribution in [1.29, 1.82) is 0 Å². The molecule has 1 heterocycles. The monoisotopic (exact) mass is 229 g/mol. The van der Waals surface area contributed by atoms with Crippen LogP contribution >= 0.6 is 0 Å². The van der Waals surface area contributed by atoms with E-state index in [2.05, 4.69) is 43.3 Å². The topological polar surface area (TPSA) is 43.8 Å². The van der Waals surface area contributed by atoms with E-state index in [9.17, 15) is 0 Å². The first-order chi connectivity index (χ1) is 8.24. The zero-order valence-electron chi connectivity index (χ0n) is 10.5. The average Bonchev–Trinajstić information content (AvgIpc) is 2.79. The van der Waals surface area contributed by atoms with Gasteiger partial charge in [-0.2, -0.15) is 5.10 Å². The van der Waals surface area contributed by atoms with Crippen molar-refractivity contribution in [2.75, 3.05) is 0 Å². The predicted octanol–water partition coefficient (Wildman–Crippen LogP) is 2.73. The van der Waals surface area contributed by atoms with Gasteiger partial charge in [-0.15, -0.1) is 0 Å². The molecule has 0 saturated heterocycles. The minimum Gasteiger partial charge on any atom is -0.326 e. The third kappa shape index (κ3) is 2.56. The Bertz CT molecular complexity index is 500. The largest absolute Gasteiger partial charge is 0.326 e. The first-order valence-electron chi connectivity index (χ1n) is 6.07. The number of hydrogen-bond acceptors (Lipinski definition) is 2. The molecule has 1 aromatic heterocycles. The van der Waals surface area contributed by atoms with E-state index in [-0.39, 0.29) is 0 Å². The summed E-state index contributed by atoms with van der Waals surface area (Å²) in [7, 11) is 0. The Labute approximate surface area is 102 Å². The summed E-state index contributed by atoms with van der Waals surface area (Å²) < 4.78 is 1.99. The highest BCUT2D eigenvalue weighted by atomic mass is 15.3. The van der Waals surface area contributed by atoms with E-state index in [0.29, 0.717) is 6.54 Å². The summed E-state index contributed by atoms with van der Waals surface area (Å²) in [6, 6.07) is 6.35. The molecule has 0 amide bonds. The lowest BCUT2D eigenvalue weighted by Gasteiger charge is -2.05. The van der Waals surface area contributed by atoms with Gasteiger partial charge in [0.05, 0.1) is 6.20 Å². The Kier molecular flexibility index (Phi) is 3.59. The van der Waals surface area contributed by atoms with Crippen molar-refractivity contribution in [3.8, 4) is 11.1 Å². The van der Waals surface area contributed by atoms with Crippen molar-refractivity contribution in [3.63, 3.8) is 0 Å². The van der Waals surface area contributed by atoms with Gasteiger partial charge < -0.3 is 5.73 Å². The third-order valence-corrected chi connectivity index (χ3v) is 2.93. The molecule has 0 saturated carbocycles. The standard InChI is InChI=1S/C14H19N3/c1-3-6-17-10-13(9-16-17)14-7-12(8-15)5-4-11(14)2/h4-5,7,9-10H,3,6,8,15H2,1-2H3. The molecule has 2 rings (SSSR count). The summed E-state index contributed by atoms with van der Waals surface area (Å²) in [6.07, 6.45) is 5.13. The van der Waals surface area contributed by atoms with Crippen LogP contribution in [0.4, 0.5) is 0 Å². The number of nitrogens with two attached hydrogens (primary N) is 1. The van der Waals surface area contributed by atoms with Gasteiger partial charge in [-0.3, -0.25) is 4.68 Å². The minimum atomic E-state index is 0.580. The molecule has 3 heteroatoms. The molecular weight excluding hydrogens is 210 g/mol. The molecule has 0 atom stereocenters. The molecule has 90 valence electrons. The summed E-state index contributed by atoms with van der Waals surface area (Å²) in [5.41, 5.74) is 10.5. The SMILES string of the molecule is CCCn1cc(-c2cc(CN)ccc2C)cn1. The van der Waals surface area contributed by atoms with Crippen molar-refractivity contribution in [2.24, 2.45) is 5.73 Å². The van der Waals surface area contributed by atoms with Crippen LogP contribution in [0.1, 0.15) is 24.5 Å². The van der Waals surface area contributed by atoms with E-state index < -0.39 is 0 Å². The van der Waals surface area contributed by atoms with Crippen LogP contribution in [0.25, 0.3) is 11.1 Å². The van der Waals surface area contributed by atoms with Crippen LogP contribution in [0.2, 0.25) is 0 Å². The van der Waals surface area contributed by atoms with Crippen LogP contribution in [0.5, 0.6) is 0 Å². The van der Waals surface area contributed by atoms with Crippen LogP contribution in [-0.4, -0.2) is 9.78 Å². The summed E-state index contributed by atoms with van der Waals surface area (Å²) in [5.74, 6) is 0. The highest BCUT2D eigenvalue weighted by Gasteiger charge is 2.05. The number of aromatic nitrogens is 2. The second kappa shape index (κ2) is 5.15. The molecule has 2 aromatic rings. The van der Waals surface area contributed by atoms with Gasteiger partial charge >= 0.3 is 0 Å². The van der Waals surface area contributed by atoms with Crippen LogP contribution in [0.15, 0.2) is 30.6 Å². The number of rotatable bonds is 4. The molecule has 0 unspecified atom stereocenters. The summed E-state index contributed by atoms with van der Waals surface area (Å²) in [5, 5.41) is 4.36. The predicted molar refractivity (Wildman–Crippen MR) is 70.6 cm³/mol. The Hall–Kier alpha value is -1.61. The zero-order valence-corrected chi connectivity index (χ0v) is 10.5. The number of benzene rings is 1. The van der Waals surface area contributed by atoms with Gasteiger partial charge in [0, 0.05) is 24.8 Å². The van der Waals surface area contributed by atoms with E-state index in [0.717, 1.165) is 18.5 Å². The highest BCUT2D eigenvalue weighted by molar-refractivity contribution is 5.66. The first-order valence-corrected chi connectivity index (χ1v) is 6.07. The van der Waals surface area contributed by atoms with Crippen LogP contribution in [0.3, 0.4) is 0 Å². The lowest BCUT2D eigenvalue weighted by Crippen LogP contribution is -1.97. The maximum atomic E-state index is 5.68. The van der Waals surface area contributed by atoms with E-state index >= 15 is 0 Å². The van der Waals surface area contributed by atoms with Crippen LogP contribution in [0, 0.1) is 6.92 Å². The first kappa shape index (κ1) is 11.9. The van der Waals surface area contributed by atoms with Crippen LogP contribution in [-0.2, 0) is 13.1 Å². The van der Waals surface area contributed by atoms with E-state index in [1.807, 2.05) is 10.9 Å². The van der Waals surface area contributed by atoms with E-state index in [1.165, 1.54) is 16.7 Å². The molecule has 0 bridgehead atoms. The zero-order chi connectivity index (χ0) is 12.3. The second-order valence-corrected chi connectivity index (χ2v) is 4.35. The van der Waals surface area contributed by atoms with Crippen molar-refractivity contribution < 1.29 is 0 Å². The number of hydrogen-bond donors (Lipinski definition) is 1. The third-order valence-electron chi connectivity index (χ3n) is 2.93. The lowest BCUT2D eigenvalue weighted by atomic mass is 10.0. The molecule has 17 heavy (non-hydrogen) atoms. The molecule has 0 fully saturated rings. The fraction of sp³-hybridized carbons (Fsp3) is 0.357. The van der Waals surface area contributed by atoms with Gasteiger partial charge in [-0.25, -0.2) is 0 Å². The van der Waals surface area contributed by atoms with Crippen molar-refractivity contribution in [3.05, 3.63) is 41.7 Å². The van der Waals surface area contributed by atoms with Gasteiger partial charge in [0.25, 0.3) is 0 Å². The van der Waals surface area contributed by atoms with Gasteiger partial charge in [0.1, 0.15) is 0 Å². The van der Waals surface area contributed by atoms with Gasteiger partial charge in [0.2, 0.25) is 0 Å². The molecule has 0 radical (unpaired) electrons. The van der Waals surface area contributed by atoms with Gasteiger partial charge in [-0.1, -0.05) is 19.1 Å². The summed E-state index contributed by atoms with van der Waals surface area (Å²) >= 11 is 0. The van der Waals surface area contributed by atoms with Crippen molar-refractivity contribution in [2.45, 2.75) is 33.4 Å². The maximum absolute atomic E-state index is 5.68. The van der Waals surface area contributed by atoms with Crippen LogP contribution < -0.4 is 5.73 Å². The fourth-order valence-electron chi connectivity index (χ4n) is 1.96. The Morgan fingerprint density at radius 3 is 2.88 bits per heavy atom. The Morgan fingerprint density at radius 1 is 1.35 bits per heavy atom.